The van der Waals surface area contributed by atoms with Crippen LogP contribution >= 0.6 is 0 Å². The van der Waals surface area contributed by atoms with Crippen molar-refractivity contribution in [2.75, 3.05) is 21.1 Å². The van der Waals surface area contributed by atoms with Gasteiger partial charge in [-0.2, -0.15) is 12.7 Å². The fourth-order valence-electron chi connectivity index (χ4n) is 0.442. The van der Waals surface area contributed by atoms with Gasteiger partial charge in [0, 0.05) is 26.8 Å². The van der Waals surface area contributed by atoms with Crippen molar-refractivity contribution < 1.29 is 8.42 Å². The van der Waals surface area contributed by atoms with E-state index in [0.29, 0.717) is 5.70 Å². The molecule has 0 aliphatic heterocycles. The standard InChI is InChI=1S/C6H14N2O2S/c1-6(2)8(5)11(9,10)7(3)4/h1H2,2-5H3. The van der Waals surface area contributed by atoms with Gasteiger partial charge in [-0.25, -0.2) is 0 Å². The Morgan fingerprint density at radius 1 is 1.27 bits per heavy atom. The van der Waals surface area contributed by atoms with Crippen LogP contribution in [0.5, 0.6) is 0 Å². The van der Waals surface area contributed by atoms with Crippen LogP contribution < -0.4 is 0 Å². The number of allylic oxidation sites excluding steroid dienone is 1. The third kappa shape index (κ3) is 2.20. The molecule has 0 fully saturated rings. The van der Waals surface area contributed by atoms with E-state index in [4.69, 9.17) is 0 Å². The summed E-state index contributed by atoms with van der Waals surface area (Å²) in [6, 6.07) is 0. The molecule has 4 nitrogen and oxygen atoms in total. The zero-order valence-corrected chi connectivity index (χ0v) is 8.14. The van der Waals surface area contributed by atoms with Gasteiger partial charge in [0.1, 0.15) is 0 Å². The number of hydrogen-bond donors (Lipinski definition) is 0. The second kappa shape index (κ2) is 3.23. The topological polar surface area (TPSA) is 40.6 Å². The molecule has 66 valence electrons. The molecule has 5 heteroatoms. The Labute approximate surface area is 68.3 Å². The summed E-state index contributed by atoms with van der Waals surface area (Å²) in [5.41, 5.74) is 0.499. The van der Waals surface area contributed by atoms with Crippen molar-refractivity contribution in [3.63, 3.8) is 0 Å². The van der Waals surface area contributed by atoms with E-state index >= 15 is 0 Å². The molecule has 0 aromatic heterocycles. The molecule has 0 bridgehead atoms. The van der Waals surface area contributed by atoms with Gasteiger partial charge < -0.3 is 0 Å². The summed E-state index contributed by atoms with van der Waals surface area (Å²) in [4.78, 5) is 0. The first-order chi connectivity index (χ1) is 4.80. The average molecular weight is 178 g/mol. The molecule has 0 atom stereocenters. The van der Waals surface area contributed by atoms with Crippen LogP contribution in [0, 0.1) is 0 Å². The first-order valence-electron chi connectivity index (χ1n) is 3.12. The number of rotatable bonds is 3. The van der Waals surface area contributed by atoms with E-state index in [2.05, 4.69) is 6.58 Å². The maximum Gasteiger partial charge on any atom is 0.303 e. The van der Waals surface area contributed by atoms with E-state index in [1.54, 1.807) is 6.92 Å². The van der Waals surface area contributed by atoms with E-state index in [-0.39, 0.29) is 0 Å². The van der Waals surface area contributed by atoms with Crippen LogP contribution in [-0.2, 0) is 10.2 Å². The molecular formula is C6H14N2O2S. The normalized spacial score (nSPS) is 11.7. The van der Waals surface area contributed by atoms with Crippen molar-refractivity contribution in [2.45, 2.75) is 6.92 Å². The van der Waals surface area contributed by atoms with Crippen molar-refractivity contribution in [3.05, 3.63) is 12.3 Å². The van der Waals surface area contributed by atoms with E-state index < -0.39 is 10.2 Å². The van der Waals surface area contributed by atoms with Crippen LogP contribution in [0.2, 0.25) is 0 Å². The summed E-state index contributed by atoms with van der Waals surface area (Å²) in [5, 5.41) is 0. The molecular weight excluding hydrogens is 164 g/mol. The summed E-state index contributed by atoms with van der Waals surface area (Å²) in [7, 11) is 1.12. The van der Waals surface area contributed by atoms with Crippen molar-refractivity contribution in [1.82, 2.24) is 8.61 Å². The molecule has 0 aliphatic rings. The number of nitrogens with zero attached hydrogens (tertiary/aromatic N) is 2. The van der Waals surface area contributed by atoms with E-state index in [1.165, 1.54) is 21.1 Å². The monoisotopic (exact) mass is 178 g/mol. The first-order valence-corrected chi connectivity index (χ1v) is 4.51. The second-order valence-corrected chi connectivity index (χ2v) is 4.67. The highest BCUT2D eigenvalue weighted by atomic mass is 32.2. The van der Waals surface area contributed by atoms with Gasteiger partial charge in [-0.15, -0.1) is 0 Å². The molecule has 0 aromatic rings. The average Bonchev–Trinajstić information content (AvgIpc) is 1.85. The first kappa shape index (κ1) is 10.4. The third-order valence-electron chi connectivity index (χ3n) is 1.35. The molecule has 0 rings (SSSR count). The lowest BCUT2D eigenvalue weighted by Gasteiger charge is -2.22. The van der Waals surface area contributed by atoms with Gasteiger partial charge in [0.25, 0.3) is 0 Å². The van der Waals surface area contributed by atoms with Crippen molar-refractivity contribution in [2.24, 2.45) is 0 Å². The van der Waals surface area contributed by atoms with E-state index in [1.807, 2.05) is 0 Å². The van der Waals surface area contributed by atoms with Crippen molar-refractivity contribution in [1.29, 1.82) is 0 Å². The van der Waals surface area contributed by atoms with Crippen LogP contribution in [0.3, 0.4) is 0 Å². The molecule has 0 saturated heterocycles. The quantitative estimate of drug-likeness (QED) is 0.622. The summed E-state index contributed by atoms with van der Waals surface area (Å²) in [6.07, 6.45) is 0. The molecule has 0 saturated carbocycles. The summed E-state index contributed by atoms with van der Waals surface area (Å²) < 4.78 is 24.8. The Morgan fingerprint density at radius 3 is 1.73 bits per heavy atom. The molecule has 0 aliphatic carbocycles. The molecule has 0 unspecified atom stereocenters. The fraction of sp³-hybridized carbons (Fsp3) is 0.667. The van der Waals surface area contributed by atoms with Crippen LogP contribution in [-0.4, -0.2) is 38.2 Å². The Morgan fingerprint density at radius 2 is 1.64 bits per heavy atom. The van der Waals surface area contributed by atoms with Gasteiger partial charge in [0.15, 0.2) is 0 Å². The van der Waals surface area contributed by atoms with E-state index in [0.717, 1.165) is 8.61 Å². The molecule has 0 amide bonds. The highest BCUT2D eigenvalue weighted by molar-refractivity contribution is 7.86. The predicted molar refractivity (Wildman–Crippen MR) is 45.2 cm³/mol. The SMILES string of the molecule is C=C(C)N(C)S(=O)(=O)N(C)C. The van der Waals surface area contributed by atoms with Crippen LogP contribution in [0.1, 0.15) is 6.92 Å². The lowest BCUT2D eigenvalue weighted by atomic mass is 10.6. The minimum atomic E-state index is -3.31. The summed E-state index contributed by atoms with van der Waals surface area (Å²) in [6.45, 7) is 5.16. The Kier molecular flexibility index (Phi) is 3.07. The van der Waals surface area contributed by atoms with Gasteiger partial charge in [-0.1, -0.05) is 6.58 Å². The van der Waals surface area contributed by atoms with Gasteiger partial charge in [-0.3, -0.25) is 4.31 Å². The van der Waals surface area contributed by atoms with Gasteiger partial charge in [-0.05, 0) is 6.92 Å². The van der Waals surface area contributed by atoms with Gasteiger partial charge >= 0.3 is 10.2 Å². The minimum absolute atomic E-state index is 0.499. The molecule has 0 aromatic carbocycles. The van der Waals surface area contributed by atoms with Crippen LogP contribution in [0.25, 0.3) is 0 Å². The highest BCUT2D eigenvalue weighted by Gasteiger charge is 2.18. The molecule has 0 N–H and O–H groups in total. The number of hydrogen-bond acceptors (Lipinski definition) is 2. The van der Waals surface area contributed by atoms with Crippen LogP contribution in [0.15, 0.2) is 12.3 Å². The lowest BCUT2D eigenvalue weighted by Crippen LogP contribution is -2.35. The minimum Gasteiger partial charge on any atom is -0.265 e. The van der Waals surface area contributed by atoms with Gasteiger partial charge in [0.05, 0.1) is 0 Å². The Hall–Kier alpha value is -0.550. The van der Waals surface area contributed by atoms with E-state index in [9.17, 15) is 8.42 Å². The Balaban J connectivity index is 4.72. The van der Waals surface area contributed by atoms with Crippen molar-refractivity contribution in [3.8, 4) is 0 Å². The lowest BCUT2D eigenvalue weighted by molar-refractivity contribution is 0.456. The second-order valence-electron chi connectivity index (χ2n) is 2.49. The smallest absolute Gasteiger partial charge is 0.265 e. The van der Waals surface area contributed by atoms with Crippen molar-refractivity contribution >= 4 is 10.2 Å². The summed E-state index contributed by atoms with van der Waals surface area (Å²) >= 11 is 0. The molecule has 0 heterocycles. The maximum atomic E-state index is 11.3. The maximum absolute atomic E-state index is 11.3. The Bertz CT molecular complexity index is 243. The highest BCUT2D eigenvalue weighted by Crippen LogP contribution is 2.06. The van der Waals surface area contributed by atoms with Crippen LogP contribution in [0.4, 0.5) is 0 Å². The molecule has 11 heavy (non-hydrogen) atoms. The molecule has 0 spiro atoms. The zero-order valence-electron chi connectivity index (χ0n) is 7.33. The zero-order chi connectivity index (χ0) is 9.23. The third-order valence-corrected chi connectivity index (χ3v) is 3.27. The van der Waals surface area contributed by atoms with Gasteiger partial charge in [0.2, 0.25) is 0 Å². The largest absolute Gasteiger partial charge is 0.303 e. The fourth-order valence-corrected chi connectivity index (χ4v) is 1.33. The molecule has 0 radical (unpaired) electrons. The predicted octanol–water partition coefficient (Wildman–Crippen LogP) is 0.258. The summed E-state index contributed by atoms with van der Waals surface area (Å²) in [5.74, 6) is 0.